The zero-order chi connectivity index (χ0) is 15.0. The van der Waals surface area contributed by atoms with E-state index in [2.05, 4.69) is 63.2 Å². The molecule has 0 heterocycles. The summed E-state index contributed by atoms with van der Waals surface area (Å²) in [6.07, 6.45) is 1.83. The number of fused-ring (bicyclic) bond motifs is 1. The van der Waals surface area contributed by atoms with E-state index in [1.54, 1.807) is 0 Å². The van der Waals surface area contributed by atoms with Crippen molar-refractivity contribution in [1.29, 1.82) is 0 Å². The summed E-state index contributed by atoms with van der Waals surface area (Å²) in [6, 6.07) is 16.8. The van der Waals surface area contributed by atoms with Crippen molar-refractivity contribution in [3.63, 3.8) is 0 Å². The van der Waals surface area contributed by atoms with Gasteiger partial charge < -0.3 is 5.11 Å². The van der Waals surface area contributed by atoms with Crippen LogP contribution in [0.5, 0.6) is 0 Å². The van der Waals surface area contributed by atoms with Crippen LogP contribution >= 0.6 is 0 Å². The maximum atomic E-state index is 11.3. The molecule has 0 saturated heterocycles. The van der Waals surface area contributed by atoms with Gasteiger partial charge in [-0.05, 0) is 46.9 Å². The van der Waals surface area contributed by atoms with Crippen molar-refractivity contribution in [3.8, 4) is 0 Å². The standard InChI is InChI=1S/C20H24O/c1-14(2)16-8-10-17(11-9-16)20(21)13-12-15(3)18-6-4-5-7-19(18)20/h4-11,14-15,21H,12-13H2,1-3H3. The quantitative estimate of drug-likeness (QED) is 0.825. The van der Waals surface area contributed by atoms with Gasteiger partial charge >= 0.3 is 0 Å². The van der Waals surface area contributed by atoms with Crippen molar-refractivity contribution in [2.45, 2.75) is 51.0 Å². The molecule has 1 heteroatoms. The van der Waals surface area contributed by atoms with Crippen LogP contribution in [-0.2, 0) is 5.60 Å². The predicted molar refractivity (Wildman–Crippen MR) is 87.6 cm³/mol. The van der Waals surface area contributed by atoms with Crippen LogP contribution in [0.1, 0.15) is 67.7 Å². The van der Waals surface area contributed by atoms with Crippen molar-refractivity contribution in [2.75, 3.05) is 0 Å². The van der Waals surface area contributed by atoms with Gasteiger partial charge in [0.25, 0.3) is 0 Å². The van der Waals surface area contributed by atoms with Crippen LogP contribution in [0.25, 0.3) is 0 Å². The van der Waals surface area contributed by atoms with Crippen LogP contribution < -0.4 is 0 Å². The molecule has 2 aromatic rings. The van der Waals surface area contributed by atoms with Crippen LogP contribution in [0.4, 0.5) is 0 Å². The first-order chi connectivity index (χ1) is 10.0. The first-order valence-corrected chi connectivity index (χ1v) is 7.94. The van der Waals surface area contributed by atoms with Gasteiger partial charge in [0, 0.05) is 0 Å². The molecule has 2 unspecified atom stereocenters. The fourth-order valence-electron chi connectivity index (χ4n) is 3.46. The number of hydrogen-bond donors (Lipinski definition) is 1. The second-order valence-electron chi connectivity index (χ2n) is 6.66. The molecule has 2 aromatic carbocycles. The highest BCUT2D eigenvalue weighted by Crippen LogP contribution is 2.45. The summed E-state index contributed by atoms with van der Waals surface area (Å²) in [5.74, 6) is 1.05. The minimum absolute atomic E-state index is 0.521. The molecule has 3 rings (SSSR count). The number of hydrogen-bond acceptors (Lipinski definition) is 1. The Hall–Kier alpha value is -1.60. The number of aliphatic hydroxyl groups is 1. The topological polar surface area (TPSA) is 20.2 Å². The van der Waals surface area contributed by atoms with Gasteiger partial charge in [0.05, 0.1) is 0 Å². The lowest BCUT2D eigenvalue weighted by Crippen LogP contribution is -2.32. The molecule has 0 amide bonds. The van der Waals surface area contributed by atoms with Gasteiger partial charge in [-0.2, -0.15) is 0 Å². The van der Waals surface area contributed by atoms with Gasteiger partial charge in [0.1, 0.15) is 5.60 Å². The Morgan fingerprint density at radius 3 is 2.38 bits per heavy atom. The van der Waals surface area contributed by atoms with E-state index in [0.717, 1.165) is 24.0 Å². The van der Waals surface area contributed by atoms with Crippen molar-refractivity contribution < 1.29 is 5.11 Å². The van der Waals surface area contributed by atoms with E-state index >= 15 is 0 Å². The van der Waals surface area contributed by atoms with Gasteiger partial charge in [0.2, 0.25) is 0 Å². The lowest BCUT2D eigenvalue weighted by atomic mass is 9.71. The first kappa shape index (κ1) is 14.3. The van der Waals surface area contributed by atoms with Crippen LogP contribution in [0.2, 0.25) is 0 Å². The van der Waals surface area contributed by atoms with Crippen LogP contribution in [0.15, 0.2) is 48.5 Å². The SMILES string of the molecule is CC(C)c1ccc(C2(O)CCC(C)c3ccccc32)cc1. The van der Waals surface area contributed by atoms with Gasteiger partial charge in [0.15, 0.2) is 0 Å². The van der Waals surface area contributed by atoms with Crippen molar-refractivity contribution in [2.24, 2.45) is 0 Å². The lowest BCUT2D eigenvalue weighted by Gasteiger charge is -2.38. The highest BCUT2D eigenvalue weighted by molar-refractivity contribution is 5.45. The Morgan fingerprint density at radius 2 is 1.71 bits per heavy atom. The second kappa shape index (κ2) is 5.31. The zero-order valence-corrected chi connectivity index (χ0v) is 13.1. The Labute approximate surface area is 127 Å². The fraction of sp³-hybridized carbons (Fsp3) is 0.400. The van der Waals surface area contributed by atoms with E-state index in [0.29, 0.717) is 11.8 Å². The van der Waals surface area contributed by atoms with Crippen LogP contribution in [0.3, 0.4) is 0 Å². The normalized spacial score (nSPS) is 24.9. The molecule has 1 aliphatic carbocycles. The summed E-state index contributed by atoms with van der Waals surface area (Å²) in [7, 11) is 0. The average molecular weight is 280 g/mol. The third-order valence-corrected chi connectivity index (χ3v) is 4.93. The Bertz CT molecular complexity index is 627. The predicted octanol–water partition coefficient (Wildman–Crippen LogP) is 4.94. The molecular formula is C20H24O. The molecule has 0 aliphatic heterocycles. The van der Waals surface area contributed by atoms with E-state index < -0.39 is 5.60 Å². The molecule has 0 radical (unpaired) electrons. The number of rotatable bonds is 2. The van der Waals surface area contributed by atoms with E-state index in [9.17, 15) is 5.11 Å². The fourth-order valence-corrected chi connectivity index (χ4v) is 3.46. The third-order valence-electron chi connectivity index (χ3n) is 4.93. The summed E-state index contributed by atoms with van der Waals surface area (Å²) in [6.45, 7) is 6.64. The summed E-state index contributed by atoms with van der Waals surface area (Å²) >= 11 is 0. The number of benzene rings is 2. The lowest BCUT2D eigenvalue weighted by molar-refractivity contribution is 0.0579. The molecule has 0 bridgehead atoms. The third kappa shape index (κ3) is 2.40. The van der Waals surface area contributed by atoms with E-state index in [1.807, 2.05) is 6.07 Å². The van der Waals surface area contributed by atoms with Gasteiger partial charge in [-0.1, -0.05) is 69.3 Å². The summed E-state index contributed by atoms with van der Waals surface area (Å²) in [5, 5.41) is 11.3. The molecule has 1 nitrogen and oxygen atoms in total. The van der Waals surface area contributed by atoms with Gasteiger partial charge in [-0.3, -0.25) is 0 Å². The molecule has 110 valence electrons. The first-order valence-electron chi connectivity index (χ1n) is 7.94. The van der Waals surface area contributed by atoms with Gasteiger partial charge in [-0.25, -0.2) is 0 Å². The summed E-state index contributed by atoms with van der Waals surface area (Å²) in [4.78, 5) is 0. The Kier molecular flexibility index (Phi) is 3.62. The molecule has 0 aromatic heterocycles. The summed E-state index contributed by atoms with van der Waals surface area (Å²) < 4.78 is 0. The molecule has 2 atom stereocenters. The molecule has 0 saturated carbocycles. The van der Waals surface area contributed by atoms with Crippen LogP contribution in [0, 0.1) is 0 Å². The minimum atomic E-state index is -0.835. The van der Waals surface area contributed by atoms with E-state index in [-0.39, 0.29) is 0 Å². The molecule has 1 aliphatic rings. The monoisotopic (exact) mass is 280 g/mol. The summed E-state index contributed by atoms with van der Waals surface area (Å²) in [5.41, 5.74) is 3.88. The molecular weight excluding hydrogens is 256 g/mol. The maximum Gasteiger partial charge on any atom is 0.115 e. The highest BCUT2D eigenvalue weighted by Gasteiger charge is 2.38. The molecule has 21 heavy (non-hydrogen) atoms. The highest BCUT2D eigenvalue weighted by atomic mass is 16.3. The molecule has 0 spiro atoms. The van der Waals surface area contributed by atoms with Crippen molar-refractivity contribution in [3.05, 3.63) is 70.8 Å². The minimum Gasteiger partial charge on any atom is -0.380 e. The van der Waals surface area contributed by atoms with Crippen molar-refractivity contribution >= 4 is 0 Å². The van der Waals surface area contributed by atoms with Gasteiger partial charge in [-0.15, -0.1) is 0 Å². The van der Waals surface area contributed by atoms with Crippen LogP contribution in [-0.4, -0.2) is 5.11 Å². The average Bonchev–Trinajstić information content (AvgIpc) is 2.51. The largest absolute Gasteiger partial charge is 0.380 e. The molecule has 0 fully saturated rings. The Balaban J connectivity index is 2.07. The second-order valence-corrected chi connectivity index (χ2v) is 6.66. The van der Waals surface area contributed by atoms with E-state index in [4.69, 9.17) is 0 Å². The molecule has 1 N–H and O–H groups in total. The maximum absolute atomic E-state index is 11.3. The Morgan fingerprint density at radius 1 is 1.05 bits per heavy atom. The smallest absolute Gasteiger partial charge is 0.115 e. The zero-order valence-electron chi connectivity index (χ0n) is 13.1. The van der Waals surface area contributed by atoms with Crippen molar-refractivity contribution in [1.82, 2.24) is 0 Å². The van der Waals surface area contributed by atoms with E-state index in [1.165, 1.54) is 11.1 Å².